The minimum atomic E-state index is -4.49. The number of aromatic nitrogens is 1. The van der Waals surface area contributed by atoms with Crippen molar-refractivity contribution in [1.29, 1.82) is 0 Å². The molecule has 0 radical (unpaired) electrons. The van der Waals surface area contributed by atoms with Crippen LogP contribution in [0.25, 0.3) is 0 Å². The minimum Gasteiger partial charge on any atom is -0.340 e. The van der Waals surface area contributed by atoms with Gasteiger partial charge < -0.3 is 10.6 Å². The molecule has 2 aromatic carbocycles. The van der Waals surface area contributed by atoms with E-state index in [1.165, 1.54) is 31.3 Å². The molecular formula is C21H16F3N3O2. The van der Waals surface area contributed by atoms with Gasteiger partial charge in [-0.25, -0.2) is 4.98 Å². The van der Waals surface area contributed by atoms with Crippen molar-refractivity contribution in [3.8, 4) is 0 Å². The first-order valence-electron chi connectivity index (χ1n) is 8.55. The maximum absolute atomic E-state index is 12.8. The lowest BCUT2D eigenvalue weighted by Crippen LogP contribution is -2.13. The Morgan fingerprint density at radius 2 is 1.59 bits per heavy atom. The molecule has 0 fully saturated rings. The lowest BCUT2D eigenvalue weighted by atomic mass is 10.1. The summed E-state index contributed by atoms with van der Waals surface area (Å²) in [5.41, 5.74) is 0.690. The molecule has 0 saturated heterocycles. The molecule has 0 saturated carbocycles. The van der Waals surface area contributed by atoms with Gasteiger partial charge in [0.15, 0.2) is 5.78 Å². The highest BCUT2D eigenvalue weighted by Gasteiger charge is 2.30. The number of anilines is 3. The largest absolute Gasteiger partial charge is 0.416 e. The van der Waals surface area contributed by atoms with Crippen LogP contribution in [0.1, 0.15) is 33.2 Å². The number of nitrogens with one attached hydrogen (secondary N) is 2. The third-order valence-electron chi connectivity index (χ3n) is 4.04. The number of pyridine rings is 1. The lowest BCUT2D eigenvalue weighted by Gasteiger charge is -2.10. The lowest BCUT2D eigenvalue weighted by molar-refractivity contribution is -0.137. The van der Waals surface area contributed by atoms with E-state index in [1.807, 2.05) is 0 Å². The Balaban J connectivity index is 1.66. The number of hydrogen-bond donors (Lipinski definition) is 2. The van der Waals surface area contributed by atoms with Crippen molar-refractivity contribution >= 4 is 28.9 Å². The molecular weight excluding hydrogens is 383 g/mol. The fraction of sp³-hybridized carbons (Fsp3) is 0.0952. The second-order valence-corrected chi connectivity index (χ2v) is 6.22. The van der Waals surface area contributed by atoms with E-state index >= 15 is 0 Å². The fourth-order valence-electron chi connectivity index (χ4n) is 2.51. The topological polar surface area (TPSA) is 71.1 Å². The van der Waals surface area contributed by atoms with E-state index in [0.717, 1.165) is 12.1 Å². The van der Waals surface area contributed by atoms with Gasteiger partial charge in [-0.1, -0.05) is 6.07 Å². The summed E-state index contributed by atoms with van der Waals surface area (Å²) in [4.78, 5) is 27.7. The van der Waals surface area contributed by atoms with Gasteiger partial charge in [-0.15, -0.1) is 0 Å². The van der Waals surface area contributed by atoms with Crippen LogP contribution in [0, 0.1) is 0 Å². The molecule has 29 heavy (non-hydrogen) atoms. The van der Waals surface area contributed by atoms with Crippen molar-refractivity contribution in [3.05, 3.63) is 83.6 Å². The molecule has 0 aliphatic heterocycles. The van der Waals surface area contributed by atoms with Crippen LogP contribution in [0.2, 0.25) is 0 Å². The Hall–Kier alpha value is -3.68. The van der Waals surface area contributed by atoms with E-state index in [-0.39, 0.29) is 17.0 Å². The molecule has 0 aliphatic carbocycles. The molecule has 3 rings (SSSR count). The summed E-state index contributed by atoms with van der Waals surface area (Å²) in [6.45, 7) is 1.48. The van der Waals surface area contributed by atoms with Crippen LogP contribution in [0.4, 0.5) is 30.4 Å². The van der Waals surface area contributed by atoms with Gasteiger partial charge in [0.05, 0.1) is 11.1 Å². The van der Waals surface area contributed by atoms with Crippen LogP contribution in [0.3, 0.4) is 0 Å². The van der Waals surface area contributed by atoms with Crippen LogP contribution in [-0.2, 0) is 6.18 Å². The average molecular weight is 399 g/mol. The van der Waals surface area contributed by atoms with E-state index in [2.05, 4.69) is 15.6 Å². The van der Waals surface area contributed by atoms with Gasteiger partial charge in [-0.3, -0.25) is 9.59 Å². The molecule has 5 nitrogen and oxygen atoms in total. The first-order valence-corrected chi connectivity index (χ1v) is 8.55. The molecule has 0 aliphatic rings. The predicted octanol–water partition coefficient (Wildman–Crippen LogP) is 5.30. The highest BCUT2D eigenvalue weighted by atomic mass is 19.4. The zero-order valence-corrected chi connectivity index (χ0v) is 15.2. The summed E-state index contributed by atoms with van der Waals surface area (Å²) in [5, 5.41) is 5.46. The Bertz CT molecular complexity index is 1030. The van der Waals surface area contributed by atoms with Crippen LogP contribution in [0.5, 0.6) is 0 Å². The molecule has 2 N–H and O–H groups in total. The third kappa shape index (κ3) is 5.19. The summed E-state index contributed by atoms with van der Waals surface area (Å²) < 4.78 is 38.3. The quantitative estimate of drug-likeness (QED) is 0.571. The SMILES string of the molecule is CC(=O)c1ccc(Nc2ccc(C(=O)Nc3cccc(C(F)(F)F)c3)cn2)cc1. The molecule has 1 amide bonds. The van der Waals surface area contributed by atoms with Crippen LogP contribution in [-0.4, -0.2) is 16.7 Å². The van der Waals surface area contributed by atoms with Crippen molar-refractivity contribution in [2.75, 3.05) is 10.6 Å². The number of alkyl halides is 3. The van der Waals surface area contributed by atoms with Gasteiger partial charge in [-0.2, -0.15) is 13.2 Å². The molecule has 8 heteroatoms. The Labute approximate surface area is 164 Å². The molecule has 0 unspecified atom stereocenters. The zero-order valence-electron chi connectivity index (χ0n) is 15.2. The Morgan fingerprint density at radius 3 is 2.17 bits per heavy atom. The second-order valence-electron chi connectivity index (χ2n) is 6.22. The smallest absolute Gasteiger partial charge is 0.340 e. The number of rotatable bonds is 5. The number of ketones is 1. The number of Topliss-reactive ketones (excluding diaryl/α,β-unsaturated/α-hetero) is 1. The van der Waals surface area contributed by atoms with E-state index < -0.39 is 17.6 Å². The number of halogens is 3. The van der Waals surface area contributed by atoms with Crippen molar-refractivity contribution in [2.45, 2.75) is 13.1 Å². The van der Waals surface area contributed by atoms with Crippen molar-refractivity contribution in [3.63, 3.8) is 0 Å². The number of carbonyl (C=O) groups excluding carboxylic acids is 2. The van der Waals surface area contributed by atoms with Crippen LogP contribution < -0.4 is 10.6 Å². The van der Waals surface area contributed by atoms with E-state index in [0.29, 0.717) is 17.1 Å². The number of hydrogen-bond acceptors (Lipinski definition) is 4. The monoisotopic (exact) mass is 399 g/mol. The summed E-state index contributed by atoms with van der Waals surface area (Å²) in [6.07, 6.45) is -3.17. The summed E-state index contributed by atoms with van der Waals surface area (Å²) >= 11 is 0. The second kappa shape index (κ2) is 8.14. The molecule has 0 atom stereocenters. The summed E-state index contributed by atoms with van der Waals surface area (Å²) in [6, 6.07) is 14.3. The molecule has 0 bridgehead atoms. The van der Waals surface area contributed by atoms with Gasteiger partial charge in [0, 0.05) is 23.1 Å². The highest BCUT2D eigenvalue weighted by molar-refractivity contribution is 6.04. The number of nitrogens with zero attached hydrogens (tertiary/aromatic N) is 1. The van der Waals surface area contributed by atoms with Gasteiger partial charge in [0.2, 0.25) is 0 Å². The predicted molar refractivity (Wildman–Crippen MR) is 103 cm³/mol. The van der Waals surface area contributed by atoms with E-state index in [9.17, 15) is 22.8 Å². The number of benzene rings is 2. The Morgan fingerprint density at radius 1 is 0.897 bits per heavy atom. The van der Waals surface area contributed by atoms with Gasteiger partial charge >= 0.3 is 6.18 Å². The molecule has 3 aromatic rings. The van der Waals surface area contributed by atoms with Gasteiger partial charge in [0.1, 0.15) is 5.82 Å². The zero-order chi connectivity index (χ0) is 21.0. The number of amides is 1. The van der Waals surface area contributed by atoms with E-state index in [4.69, 9.17) is 0 Å². The van der Waals surface area contributed by atoms with Crippen molar-refractivity contribution in [2.24, 2.45) is 0 Å². The standard InChI is InChI=1S/C21H16F3N3O2/c1-13(28)14-5-8-17(9-6-14)26-19-10-7-15(12-25-19)20(29)27-18-4-2-3-16(11-18)21(22,23)24/h2-12H,1H3,(H,25,26)(H,27,29). The number of carbonyl (C=O) groups is 2. The van der Waals surface area contributed by atoms with Gasteiger partial charge in [0.25, 0.3) is 5.91 Å². The first-order chi connectivity index (χ1) is 13.7. The molecule has 0 spiro atoms. The summed E-state index contributed by atoms with van der Waals surface area (Å²) in [5.74, 6) is -0.142. The minimum absolute atomic E-state index is 0.0363. The maximum atomic E-state index is 12.8. The molecule has 148 valence electrons. The van der Waals surface area contributed by atoms with Gasteiger partial charge in [-0.05, 0) is 61.5 Å². The Kier molecular flexibility index (Phi) is 5.63. The van der Waals surface area contributed by atoms with E-state index in [1.54, 1.807) is 30.3 Å². The third-order valence-corrected chi connectivity index (χ3v) is 4.04. The van der Waals surface area contributed by atoms with Crippen LogP contribution in [0.15, 0.2) is 66.9 Å². The highest BCUT2D eigenvalue weighted by Crippen LogP contribution is 2.30. The fourth-order valence-corrected chi connectivity index (χ4v) is 2.51. The van der Waals surface area contributed by atoms with Crippen molar-refractivity contribution in [1.82, 2.24) is 4.98 Å². The summed E-state index contributed by atoms with van der Waals surface area (Å²) in [7, 11) is 0. The van der Waals surface area contributed by atoms with Crippen molar-refractivity contribution < 1.29 is 22.8 Å². The average Bonchev–Trinajstić information content (AvgIpc) is 2.68. The molecule has 1 heterocycles. The first kappa shape index (κ1) is 20.1. The normalized spacial score (nSPS) is 11.0. The maximum Gasteiger partial charge on any atom is 0.416 e. The van der Waals surface area contributed by atoms with Crippen LogP contribution >= 0.6 is 0 Å². The molecule has 1 aromatic heterocycles.